The van der Waals surface area contributed by atoms with E-state index in [1.54, 1.807) is 12.1 Å². The summed E-state index contributed by atoms with van der Waals surface area (Å²) in [5.74, 6) is 1.64. The monoisotopic (exact) mass is 288 g/mol. The number of ether oxygens (including phenoxy) is 2. The van der Waals surface area contributed by atoms with Crippen molar-refractivity contribution in [3.8, 4) is 11.5 Å². The molecule has 1 heterocycles. The Kier molecular flexibility index (Phi) is 4.72. The van der Waals surface area contributed by atoms with Crippen molar-refractivity contribution in [3.63, 3.8) is 0 Å². The van der Waals surface area contributed by atoms with Gasteiger partial charge in [-0.3, -0.25) is 4.79 Å². The van der Waals surface area contributed by atoms with Gasteiger partial charge in [-0.05, 0) is 12.5 Å². The van der Waals surface area contributed by atoms with Gasteiger partial charge in [0.05, 0.1) is 18.2 Å². The van der Waals surface area contributed by atoms with E-state index in [1.165, 1.54) is 0 Å². The predicted molar refractivity (Wildman–Crippen MR) is 71.3 cm³/mol. The van der Waals surface area contributed by atoms with Gasteiger partial charge in [-0.15, -0.1) is 11.6 Å². The van der Waals surface area contributed by atoms with Gasteiger partial charge < -0.3 is 9.47 Å². The molecule has 0 atom stereocenters. The summed E-state index contributed by atoms with van der Waals surface area (Å²) >= 11 is 11.7. The first-order chi connectivity index (χ1) is 8.72. The van der Waals surface area contributed by atoms with Crippen molar-refractivity contribution in [3.05, 3.63) is 22.7 Å². The average molecular weight is 289 g/mol. The maximum absolute atomic E-state index is 12.0. The fraction of sp³-hybridized carbons (Fsp3) is 0.462. The quantitative estimate of drug-likeness (QED) is 0.626. The molecule has 1 aliphatic rings. The topological polar surface area (TPSA) is 35.5 Å². The third-order valence-corrected chi connectivity index (χ3v) is 3.26. The van der Waals surface area contributed by atoms with E-state index >= 15 is 0 Å². The van der Waals surface area contributed by atoms with Crippen molar-refractivity contribution < 1.29 is 14.3 Å². The number of halogens is 2. The van der Waals surface area contributed by atoms with E-state index in [0.29, 0.717) is 54.0 Å². The normalized spacial score (nSPS) is 14.1. The zero-order chi connectivity index (χ0) is 13.0. The molecule has 0 amide bonds. The van der Waals surface area contributed by atoms with Crippen molar-refractivity contribution in [1.29, 1.82) is 0 Å². The molecule has 0 radical (unpaired) electrons. The minimum absolute atomic E-state index is 0.0173. The largest absolute Gasteiger partial charge is 0.490 e. The maximum atomic E-state index is 12.0. The predicted octanol–water partition coefficient (Wildman–Crippen LogP) is 3.70. The summed E-state index contributed by atoms with van der Waals surface area (Å²) in [6.07, 6.45) is 1.86. The molecule has 2 rings (SSSR count). The van der Waals surface area contributed by atoms with Crippen molar-refractivity contribution in [1.82, 2.24) is 0 Å². The van der Waals surface area contributed by atoms with E-state index in [0.717, 1.165) is 6.42 Å². The molecule has 5 heteroatoms. The van der Waals surface area contributed by atoms with Gasteiger partial charge in [-0.1, -0.05) is 11.6 Å². The van der Waals surface area contributed by atoms with Crippen molar-refractivity contribution in [2.75, 3.05) is 19.1 Å². The summed E-state index contributed by atoms with van der Waals surface area (Å²) < 4.78 is 11.0. The molecule has 98 valence electrons. The lowest BCUT2D eigenvalue weighted by Crippen LogP contribution is -2.02. The molecule has 0 aliphatic carbocycles. The highest BCUT2D eigenvalue weighted by molar-refractivity contribution is 6.34. The molecule has 0 saturated heterocycles. The van der Waals surface area contributed by atoms with E-state index in [-0.39, 0.29) is 5.78 Å². The van der Waals surface area contributed by atoms with E-state index < -0.39 is 0 Å². The number of carbonyl (C=O) groups is 1. The number of fused-ring (bicyclic) bond motifs is 1. The van der Waals surface area contributed by atoms with Crippen molar-refractivity contribution >= 4 is 29.0 Å². The Bertz CT molecular complexity index is 446. The van der Waals surface area contributed by atoms with Crippen molar-refractivity contribution in [2.24, 2.45) is 0 Å². The second-order valence-corrected chi connectivity index (χ2v) is 4.83. The number of benzene rings is 1. The Morgan fingerprint density at radius 1 is 1.22 bits per heavy atom. The molecule has 0 aromatic heterocycles. The summed E-state index contributed by atoms with van der Waals surface area (Å²) in [5.41, 5.74) is 0.478. The highest BCUT2D eigenvalue weighted by Gasteiger charge is 2.17. The molecular weight excluding hydrogens is 275 g/mol. The van der Waals surface area contributed by atoms with Crippen LogP contribution in [0.2, 0.25) is 5.02 Å². The maximum Gasteiger partial charge on any atom is 0.164 e. The van der Waals surface area contributed by atoms with Crippen LogP contribution in [-0.4, -0.2) is 24.9 Å². The summed E-state index contributed by atoms with van der Waals surface area (Å²) in [7, 11) is 0. The lowest BCUT2D eigenvalue weighted by atomic mass is 10.1. The molecule has 1 aliphatic heterocycles. The number of alkyl halides is 1. The van der Waals surface area contributed by atoms with Crippen LogP contribution >= 0.6 is 23.2 Å². The smallest absolute Gasteiger partial charge is 0.164 e. The fourth-order valence-corrected chi connectivity index (χ4v) is 2.15. The zero-order valence-electron chi connectivity index (χ0n) is 9.88. The molecule has 0 N–H and O–H groups in total. The lowest BCUT2D eigenvalue weighted by molar-refractivity contribution is 0.0981. The highest BCUT2D eigenvalue weighted by atomic mass is 35.5. The molecule has 0 unspecified atom stereocenters. The average Bonchev–Trinajstić information content (AvgIpc) is 2.59. The molecule has 1 aromatic carbocycles. The van der Waals surface area contributed by atoms with Gasteiger partial charge in [0.2, 0.25) is 0 Å². The number of Topliss-reactive ketones (excluding diaryl/α,β-unsaturated/α-hetero) is 1. The van der Waals surface area contributed by atoms with Crippen LogP contribution in [0.15, 0.2) is 12.1 Å². The minimum Gasteiger partial charge on any atom is -0.490 e. The number of hydrogen-bond donors (Lipinski definition) is 0. The fourth-order valence-electron chi connectivity index (χ4n) is 1.76. The first-order valence-electron chi connectivity index (χ1n) is 5.90. The standard InChI is InChI=1S/C13H14Cl2O3/c14-4-1-3-11(16)9-7-12-13(8-10(9)15)18-6-2-5-17-12/h7-8H,1-6H2. The van der Waals surface area contributed by atoms with Crippen LogP contribution in [0, 0.1) is 0 Å². The van der Waals surface area contributed by atoms with Gasteiger partial charge in [-0.2, -0.15) is 0 Å². The highest BCUT2D eigenvalue weighted by Crippen LogP contribution is 2.35. The Balaban J connectivity index is 2.26. The summed E-state index contributed by atoms with van der Waals surface area (Å²) in [5, 5.41) is 0.402. The molecule has 0 saturated carbocycles. The second-order valence-electron chi connectivity index (χ2n) is 4.04. The van der Waals surface area contributed by atoms with Crippen LogP contribution in [0.4, 0.5) is 0 Å². The number of carbonyl (C=O) groups excluding carboxylic acids is 1. The molecule has 0 fully saturated rings. The molecule has 3 nitrogen and oxygen atoms in total. The summed E-state index contributed by atoms with van der Waals surface area (Å²) in [6.45, 7) is 1.19. The third-order valence-electron chi connectivity index (χ3n) is 2.68. The van der Waals surface area contributed by atoms with Crippen LogP contribution in [0.3, 0.4) is 0 Å². The van der Waals surface area contributed by atoms with Crippen molar-refractivity contribution in [2.45, 2.75) is 19.3 Å². The van der Waals surface area contributed by atoms with Gasteiger partial charge in [-0.25, -0.2) is 0 Å². The Labute approximate surface area is 116 Å². The summed E-state index contributed by atoms with van der Waals surface area (Å²) in [4.78, 5) is 12.0. The molecule has 0 bridgehead atoms. The first-order valence-corrected chi connectivity index (χ1v) is 6.82. The Hall–Kier alpha value is -0.930. The van der Waals surface area contributed by atoms with E-state index in [2.05, 4.69) is 0 Å². The molecule has 18 heavy (non-hydrogen) atoms. The lowest BCUT2D eigenvalue weighted by Gasteiger charge is -2.10. The first kappa shape index (κ1) is 13.5. The van der Waals surface area contributed by atoms with Crippen LogP contribution in [0.5, 0.6) is 11.5 Å². The molecule has 0 spiro atoms. The van der Waals surface area contributed by atoms with E-state index in [9.17, 15) is 4.79 Å². The Morgan fingerprint density at radius 3 is 2.56 bits per heavy atom. The Morgan fingerprint density at radius 2 is 1.89 bits per heavy atom. The zero-order valence-corrected chi connectivity index (χ0v) is 11.4. The van der Waals surface area contributed by atoms with Gasteiger partial charge in [0.1, 0.15) is 0 Å². The number of hydrogen-bond acceptors (Lipinski definition) is 3. The number of ketones is 1. The molecular formula is C13H14Cl2O3. The molecule has 1 aromatic rings. The second kappa shape index (κ2) is 6.30. The van der Waals surface area contributed by atoms with E-state index in [4.69, 9.17) is 32.7 Å². The summed E-state index contributed by atoms with van der Waals surface area (Å²) in [6, 6.07) is 3.32. The van der Waals surface area contributed by atoms with E-state index in [1.807, 2.05) is 0 Å². The van der Waals surface area contributed by atoms with Gasteiger partial charge >= 0.3 is 0 Å². The van der Waals surface area contributed by atoms with Gasteiger partial charge in [0.25, 0.3) is 0 Å². The van der Waals surface area contributed by atoms with Gasteiger partial charge in [0, 0.05) is 30.4 Å². The van der Waals surface area contributed by atoms with Crippen LogP contribution in [0.1, 0.15) is 29.6 Å². The van der Waals surface area contributed by atoms with Gasteiger partial charge in [0.15, 0.2) is 17.3 Å². The third kappa shape index (κ3) is 3.09. The SMILES string of the molecule is O=C(CCCCl)c1cc2c(cc1Cl)OCCCO2. The van der Waals surface area contributed by atoms with Crippen LogP contribution in [-0.2, 0) is 0 Å². The van der Waals surface area contributed by atoms with Crippen LogP contribution < -0.4 is 9.47 Å². The minimum atomic E-state index is -0.0173. The number of rotatable bonds is 4. The van der Waals surface area contributed by atoms with Crippen LogP contribution in [0.25, 0.3) is 0 Å².